The molecule has 1 aromatic heterocycles. The van der Waals surface area contributed by atoms with Gasteiger partial charge < -0.3 is 10.0 Å². The van der Waals surface area contributed by atoms with Crippen LogP contribution < -0.4 is 4.90 Å². The van der Waals surface area contributed by atoms with Gasteiger partial charge in [-0.3, -0.25) is 0 Å². The maximum Gasteiger partial charge on any atom is 0.347 e. The van der Waals surface area contributed by atoms with Gasteiger partial charge >= 0.3 is 5.97 Å². The first kappa shape index (κ1) is 16.3. The summed E-state index contributed by atoms with van der Waals surface area (Å²) >= 11 is 3.11. The third kappa shape index (κ3) is 4.38. The van der Waals surface area contributed by atoms with Crippen LogP contribution >= 0.6 is 23.1 Å². The van der Waals surface area contributed by atoms with Gasteiger partial charge in [0.25, 0.3) is 0 Å². The van der Waals surface area contributed by atoms with Crippen molar-refractivity contribution in [3.05, 3.63) is 10.6 Å². The van der Waals surface area contributed by atoms with E-state index < -0.39 is 5.97 Å². The Labute approximate surface area is 123 Å². The van der Waals surface area contributed by atoms with Gasteiger partial charge in [0.05, 0.1) is 5.69 Å². The Morgan fingerprint density at radius 2 is 2.26 bits per heavy atom. The monoisotopic (exact) mass is 302 g/mol. The molecule has 1 unspecified atom stereocenters. The predicted molar refractivity (Wildman–Crippen MR) is 83.9 cm³/mol. The Morgan fingerprint density at radius 1 is 1.58 bits per heavy atom. The van der Waals surface area contributed by atoms with Crippen molar-refractivity contribution in [2.45, 2.75) is 39.2 Å². The highest BCUT2D eigenvalue weighted by molar-refractivity contribution is 7.98. The lowest BCUT2D eigenvalue weighted by Gasteiger charge is -2.23. The Bertz CT molecular complexity index is 421. The Balaban J connectivity index is 2.88. The van der Waals surface area contributed by atoms with Crippen molar-refractivity contribution in [2.75, 3.05) is 24.0 Å². The number of carboxylic acids is 1. The molecule has 1 aromatic rings. The summed E-state index contributed by atoms with van der Waals surface area (Å²) in [7, 11) is 1.99. The van der Waals surface area contributed by atoms with Gasteiger partial charge in [-0.15, -0.1) is 0 Å². The molecule has 0 saturated carbocycles. The van der Waals surface area contributed by atoms with Crippen molar-refractivity contribution in [2.24, 2.45) is 0 Å². The molecule has 1 N–H and O–H groups in total. The molecule has 0 aromatic carbocycles. The number of hydrogen-bond donors (Lipinski definition) is 1. The number of thioether (sulfide) groups is 1. The van der Waals surface area contributed by atoms with Crippen molar-refractivity contribution in [1.82, 2.24) is 4.98 Å². The van der Waals surface area contributed by atoms with Crippen molar-refractivity contribution < 1.29 is 9.90 Å². The van der Waals surface area contributed by atoms with Crippen LogP contribution in [0.1, 0.15) is 42.1 Å². The number of aryl methyl sites for hydroxylation is 1. The van der Waals surface area contributed by atoms with Crippen LogP contribution in [-0.2, 0) is 6.42 Å². The highest BCUT2D eigenvalue weighted by Crippen LogP contribution is 2.28. The van der Waals surface area contributed by atoms with Crippen LogP contribution in [0.4, 0.5) is 5.13 Å². The minimum atomic E-state index is -0.864. The third-order valence-electron chi connectivity index (χ3n) is 3.07. The molecule has 0 amide bonds. The molecule has 0 saturated heterocycles. The van der Waals surface area contributed by atoms with E-state index in [2.05, 4.69) is 23.1 Å². The minimum Gasteiger partial charge on any atom is -0.477 e. The number of nitrogens with zero attached hydrogens (tertiary/aromatic N) is 2. The largest absolute Gasteiger partial charge is 0.477 e. The molecule has 0 radical (unpaired) electrons. The maximum atomic E-state index is 11.2. The van der Waals surface area contributed by atoms with Crippen LogP contribution in [0.25, 0.3) is 0 Å². The second-order valence-corrected chi connectivity index (χ2v) is 6.53. The molecule has 0 spiro atoms. The molecule has 4 nitrogen and oxygen atoms in total. The fraction of sp³-hybridized carbons (Fsp3) is 0.692. The van der Waals surface area contributed by atoms with E-state index in [1.165, 1.54) is 11.3 Å². The van der Waals surface area contributed by atoms with E-state index in [4.69, 9.17) is 0 Å². The van der Waals surface area contributed by atoms with Gasteiger partial charge in [-0.2, -0.15) is 11.8 Å². The lowest BCUT2D eigenvalue weighted by molar-refractivity contribution is 0.0700. The molecule has 19 heavy (non-hydrogen) atoms. The maximum absolute atomic E-state index is 11.2. The number of thiazole rings is 1. The fourth-order valence-electron chi connectivity index (χ4n) is 1.73. The van der Waals surface area contributed by atoms with E-state index in [9.17, 15) is 9.90 Å². The summed E-state index contributed by atoms with van der Waals surface area (Å²) in [6.07, 6.45) is 4.81. The molecular formula is C13H22N2O2S2. The second kappa shape index (κ2) is 7.75. The van der Waals surface area contributed by atoms with Crippen LogP contribution in [0, 0.1) is 0 Å². The van der Waals surface area contributed by atoms with Crippen LogP contribution in [0.15, 0.2) is 0 Å². The zero-order valence-corrected chi connectivity index (χ0v) is 13.6. The Hall–Kier alpha value is -0.750. The van der Waals surface area contributed by atoms with Gasteiger partial charge in [0.2, 0.25) is 0 Å². The summed E-state index contributed by atoms with van der Waals surface area (Å²) in [5.74, 6) is 0.238. The van der Waals surface area contributed by atoms with E-state index in [-0.39, 0.29) is 0 Å². The summed E-state index contributed by atoms with van der Waals surface area (Å²) < 4.78 is 0. The van der Waals surface area contributed by atoms with Gasteiger partial charge in [0.15, 0.2) is 5.13 Å². The molecule has 0 fully saturated rings. The quantitative estimate of drug-likeness (QED) is 0.798. The van der Waals surface area contributed by atoms with Gasteiger partial charge in [-0.05, 0) is 31.8 Å². The summed E-state index contributed by atoms with van der Waals surface area (Å²) in [5, 5.41) is 10.0. The molecule has 1 atom stereocenters. The van der Waals surface area contributed by atoms with Gasteiger partial charge in [-0.1, -0.05) is 24.7 Å². The summed E-state index contributed by atoms with van der Waals surface area (Å²) in [6, 6.07) is 0.370. The molecule has 6 heteroatoms. The molecule has 1 rings (SSSR count). The zero-order chi connectivity index (χ0) is 14.4. The standard InChI is InChI=1S/C13H22N2O2S2/c1-5-6-10-11(12(16)17)19-13(14-10)15(3)9(2)7-8-18-4/h9H,5-8H2,1-4H3,(H,16,17). The average molecular weight is 302 g/mol. The first-order valence-electron chi connectivity index (χ1n) is 6.46. The number of rotatable bonds is 8. The summed E-state index contributed by atoms with van der Waals surface area (Å²) in [5.41, 5.74) is 0.721. The Morgan fingerprint density at radius 3 is 2.79 bits per heavy atom. The van der Waals surface area contributed by atoms with Crippen LogP contribution in [0.2, 0.25) is 0 Å². The Kier molecular flexibility index (Phi) is 6.65. The third-order valence-corrected chi connectivity index (χ3v) is 4.89. The van der Waals surface area contributed by atoms with Crippen molar-refractivity contribution in [3.63, 3.8) is 0 Å². The first-order valence-corrected chi connectivity index (χ1v) is 8.67. The van der Waals surface area contributed by atoms with Crippen LogP contribution in [0.5, 0.6) is 0 Å². The average Bonchev–Trinajstić information content (AvgIpc) is 2.79. The molecule has 0 aliphatic heterocycles. The van der Waals surface area contributed by atoms with Crippen molar-refractivity contribution >= 4 is 34.2 Å². The second-order valence-electron chi connectivity index (χ2n) is 4.57. The minimum absolute atomic E-state index is 0.370. The van der Waals surface area contributed by atoms with E-state index in [0.717, 1.165) is 35.8 Å². The topological polar surface area (TPSA) is 53.4 Å². The van der Waals surface area contributed by atoms with Crippen molar-refractivity contribution in [1.29, 1.82) is 0 Å². The summed E-state index contributed by atoms with van der Waals surface area (Å²) in [4.78, 5) is 18.2. The van der Waals surface area contributed by atoms with E-state index in [1.807, 2.05) is 25.7 Å². The van der Waals surface area contributed by atoms with Gasteiger partial charge in [0.1, 0.15) is 4.88 Å². The lowest BCUT2D eigenvalue weighted by Crippen LogP contribution is -2.29. The fourth-order valence-corrected chi connectivity index (χ4v) is 3.33. The zero-order valence-electron chi connectivity index (χ0n) is 12.0. The molecule has 108 valence electrons. The van der Waals surface area contributed by atoms with E-state index in [1.54, 1.807) is 0 Å². The lowest BCUT2D eigenvalue weighted by atomic mass is 10.2. The smallest absolute Gasteiger partial charge is 0.347 e. The van der Waals surface area contributed by atoms with Crippen LogP contribution in [-0.4, -0.2) is 41.2 Å². The molecule has 0 aliphatic carbocycles. The SMILES string of the molecule is CCCc1nc(N(C)C(C)CCSC)sc1C(=O)O. The van der Waals surface area contributed by atoms with E-state index in [0.29, 0.717) is 10.9 Å². The highest BCUT2D eigenvalue weighted by atomic mass is 32.2. The highest BCUT2D eigenvalue weighted by Gasteiger charge is 2.20. The predicted octanol–water partition coefficient (Wildman–Crippen LogP) is 3.37. The van der Waals surface area contributed by atoms with Crippen LogP contribution in [0.3, 0.4) is 0 Å². The van der Waals surface area contributed by atoms with E-state index >= 15 is 0 Å². The first-order chi connectivity index (χ1) is 9.01. The molecule has 0 bridgehead atoms. The number of aromatic carboxylic acids is 1. The molecular weight excluding hydrogens is 280 g/mol. The number of carbonyl (C=O) groups is 1. The number of hydrogen-bond acceptors (Lipinski definition) is 5. The van der Waals surface area contributed by atoms with Gasteiger partial charge in [-0.25, -0.2) is 9.78 Å². The number of aromatic nitrogens is 1. The van der Waals surface area contributed by atoms with Crippen molar-refractivity contribution in [3.8, 4) is 0 Å². The normalized spacial score (nSPS) is 12.4. The summed E-state index contributed by atoms with van der Waals surface area (Å²) in [6.45, 7) is 4.19. The number of carboxylic acid groups (broad SMARTS) is 1. The number of anilines is 1. The van der Waals surface area contributed by atoms with Gasteiger partial charge in [0, 0.05) is 13.1 Å². The molecule has 1 heterocycles. The molecule has 0 aliphatic rings.